The second-order valence-corrected chi connectivity index (χ2v) is 5.42. The fourth-order valence-corrected chi connectivity index (χ4v) is 2.56. The van der Waals surface area contributed by atoms with Gasteiger partial charge < -0.3 is 14.4 Å². The molecule has 0 aliphatic carbocycles. The number of rotatable bonds is 4. The molecule has 0 unspecified atom stereocenters. The van der Waals surface area contributed by atoms with Crippen LogP contribution in [-0.4, -0.2) is 43.5 Å². The molecule has 5 heteroatoms. The average Bonchev–Trinajstić information content (AvgIpc) is 2.49. The van der Waals surface area contributed by atoms with E-state index in [1.165, 1.54) is 0 Å². The van der Waals surface area contributed by atoms with Crippen LogP contribution in [0.1, 0.15) is 19.4 Å². The Morgan fingerprint density at radius 2 is 1.90 bits per heavy atom. The second kappa shape index (κ2) is 6.61. The molecule has 114 valence electrons. The van der Waals surface area contributed by atoms with Gasteiger partial charge in [0, 0.05) is 6.54 Å². The van der Waals surface area contributed by atoms with Gasteiger partial charge in [0.05, 0.1) is 14.2 Å². The third kappa shape index (κ3) is 3.35. The van der Waals surface area contributed by atoms with Gasteiger partial charge in [-0.25, -0.2) is 4.99 Å². The number of hydrogen-bond acceptors (Lipinski definition) is 4. The van der Waals surface area contributed by atoms with Gasteiger partial charge in [0.25, 0.3) is 0 Å². The number of carbonyl (C=O) groups excluding carboxylic acids is 1. The van der Waals surface area contributed by atoms with Crippen LogP contribution in [0.3, 0.4) is 0 Å². The Kier molecular flexibility index (Phi) is 4.83. The normalized spacial score (nSPS) is 18.7. The zero-order valence-corrected chi connectivity index (χ0v) is 13.0. The van der Waals surface area contributed by atoms with Crippen molar-refractivity contribution in [3.8, 4) is 5.75 Å². The van der Waals surface area contributed by atoms with Crippen molar-refractivity contribution in [3.63, 3.8) is 0 Å². The Labute approximate surface area is 125 Å². The number of amides is 1. The molecule has 0 spiro atoms. The number of methoxy groups -OCH3 is 2. The molecule has 5 nitrogen and oxygen atoms in total. The van der Waals surface area contributed by atoms with Crippen molar-refractivity contribution in [2.75, 3.05) is 20.8 Å². The molecule has 0 bridgehead atoms. The first-order chi connectivity index (χ1) is 10.1. The van der Waals surface area contributed by atoms with E-state index in [1.807, 2.05) is 29.2 Å². The van der Waals surface area contributed by atoms with Crippen LogP contribution in [0.5, 0.6) is 5.75 Å². The quantitative estimate of drug-likeness (QED) is 0.853. The van der Waals surface area contributed by atoms with Crippen molar-refractivity contribution in [1.29, 1.82) is 0 Å². The fourth-order valence-electron chi connectivity index (χ4n) is 2.56. The minimum atomic E-state index is -0.113. The third-order valence-corrected chi connectivity index (χ3v) is 3.63. The highest BCUT2D eigenvalue weighted by atomic mass is 16.5. The molecule has 0 saturated carbocycles. The van der Waals surface area contributed by atoms with Crippen molar-refractivity contribution < 1.29 is 14.3 Å². The lowest BCUT2D eigenvalue weighted by molar-refractivity contribution is -0.133. The van der Waals surface area contributed by atoms with Crippen molar-refractivity contribution in [3.05, 3.63) is 29.8 Å². The maximum absolute atomic E-state index is 12.2. The molecule has 1 aromatic rings. The molecule has 0 fully saturated rings. The number of nitrogens with zero attached hydrogens (tertiary/aromatic N) is 2. The average molecular weight is 290 g/mol. The lowest BCUT2D eigenvalue weighted by atomic mass is 9.99. The molecule has 1 atom stereocenters. The summed E-state index contributed by atoms with van der Waals surface area (Å²) in [5.41, 5.74) is 1.06. The largest absolute Gasteiger partial charge is 0.497 e. The van der Waals surface area contributed by atoms with Crippen LogP contribution in [0, 0.1) is 5.92 Å². The maximum Gasteiger partial charge on any atom is 0.245 e. The molecule has 0 aromatic heterocycles. The standard InChI is InChI=1S/C16H22N2O3/c1-11(2)15-16(21-4)17-9-14(19)18(15)10-12-5-7-13(20-3)8-6-12/h5-8,11,15H,9-10H2,1-4H3/t15-/m0/s1. The Hall–Kier alpha value is -2.04. The summed E-state index contributed by atoms with van der Waals surface area (Å²) in [7, 11) is 3.24. The number of aliphatic imine (C=N–C) groups is 1. The van der Waals surface area contributed by atoms with Gasteiger partial charge in [0.2, 0.25) is 11.8 Å². The van der Waals surface area contributed by atoms with E-state index in [2.05, 4.69) is 18.8 Å². The number of benzene rings is 1. The van der Waals surface area contributed by atoms with Gasteiger partial charge in [0.1, 0.15) is 18.3 Å². The molecule has 0 radical (unpaired) electrons. The molecule has 2 rings (SSSR count). The first kappa shape index (κ1) is 15.4. The minimum Gasteiger partial charge on any atom is -0.497 e. The molecule has 1 heterocycles. The zero-order chi connectivity index (χ0) is 15.4. The molecule has 1 aromatic carbocycles. The SMILES string of the molecule is COC1=NCC(=O)N(Cc2ccc(OC)cc2)[C@H]1C(C)C. The fraction of sp³-hybridized carbons (Fsp3) is 0.500. The van der Waals surface area contributed by atoms with Gasteiger partial charge in [-0.05, 0) is 23.6 Å². The van der Waals surface area contributed by atoms with E-state index < -0.39 is 0 Å². The highest BCUT2D eigenvalue weighted by molar-refractivity contribution is 5.93. The third-order valence-electron chi connectivity index (χ3n) is 3.63. The van der Waals surface area contributed by atoms with Gasteiger partial charge in [-0.1, -0.05) is 26.0 Å². The number of hydrogen-bond donors (Lipinski definition) is 0. The predicted molar refractivity (Wildman–Crippen MR) is 81.5 cm³/mol. The van der Waals surface area contributed by atoms with Crippen LogP contribution in [-0.2, 0) is 16.1 Å². The molecule has 21 heavy (non-hydrogen) atoms. The molecular formula is C16H22N2O3. The summed E-state index contributed by atoms with van der Waals surface area (Å²) in [4.78, 5) is 18.3. The van der Waals surface area contributed by atoms with E-state index in [-0.39, 0.29) is 24.4 Å². The molecule has 0 saturated heterocycles. The van der Waals surface area contributed by atoms with Crippen molar-refractivity contribution in [2.24, 2.45) is 10.9 Å². The van der Waals surface area contributed by atoms with E-state index in [1.54, 1.807) is 14.2 Å². The lowest BCUT2D eigenvalue weighted by Gasteiger charge is -2.37. The van der Waals surface area contributed by atoms with Crippen LogP contribution in [0.25, 0.3) is 0 Å². The summed E-state index contributed by atoms with van der Waals surface area (Å²) < 4.78 is 10.5. The highest BCUT2D eigenvalue weighted by Crippen LogP contribution is 2.21. The molecular weight excluding hydrogens is 268 g/mol. The van der Waals surface area contributed by atoms with Crippen molar-refractivity contribution in [1.82, 2.24) is 4.90 Å². The van der Waals surface area contributed by atoms with E-state index in [0.29, 0.717) is 12.4 Å². The zero-order valence-electron chi connectivity index (χ0n) is 13.0. The van der Waals surface area contributed by atoms with Gasteiger partial charge in [0.15, 0.2) is 0 Å². The summed E-state index contributed by atoms with van der Waals surface area (Å²) >= 11 is 0. The summed E-state index contributed by atoms with van der Waals surface area (Å²) in [6, 6.07) is 7.64. The summed E-state index contributed by atoms with van der Waals surface area (Å²) in [6.07, 6.45) is 0. The van der Waals surface area contributed by atoms with Crippen LogP contribution in [0.2, 0.25) is 0 Å². The first-order valence-corrected chi connectivity index (χ1v) is 7.07. The van der Waals surface area contributed by atoms with Gasteiger partial charge >= 0.3 is 0 Å². The maximum atomic E-state index is 12.2. The molecule has 0 N–H and O–H groups in total. The summed E-state index contributed by atoms with van der Waals surface area (Å²) in [5, 5.41) is 0. The van der Waals surface area contributed by atoms with E-state index in [0.717, 1.165) is 11.3 Å². The van der Waals surface area contributed by atoms with Crippen molar-refractivity contribution in [2.45, 2.75) is 26.4 Å². The van der Waals surface area contributed by atoms with E-state index in [4.69, 9.17) is 9.47 Å². The van der Waals surface area contributed by atoms with Crippen LogP contribution in [0.4, 0.5) is 0 Å². The van der Waals surface area contributed by atoms with E-state index >= 15 is 0 Å². The lowest BCUT2D eigenvalue weighted by Crippen LogP contribution is -2.52. The minimum absolute atomic E-state index is 0.0327. The monoisotopic (exact) mass is 290 g/mol. The summed E-state index contributed by atoms with van der Waals surface area (Å²) in [6.45, 7) is 4.84. The number of carbonyl (C=O) groups is 1. The molecule has 1 amide bonds. The Morgan fingerprint density at radius 1 is 1.24 bits per heavy atom. The van der Waals surface area contributed by atoms with Crippen molar-refractivity contribution >= 4 is 11.8 Å². The predicted octanol–water partition coefficient (Wildman–Crippen LogP) is 2.11. The van der Waals surface area contributed by atoms with Gasteiger partial charge in [-0.15, -0.1) is 0 Å². The Bertz CT molecular complexity index is 523. The number of ether oxygens (including phenoxy) is 2. The molecule has 1 aliphatic rings. The first-order valence-electron chi connectivity index (χ1n) is 7.07. The van der Waals surface area contributed by atoms with Crippen LogP contribution >= 0.6 is 0 Å². The van der Waals surface area contributed by atoms with Gasteiger partial charge in [-0.2, -0.15) is 0 Å². The van der Waals surface area contributed by atoms with E-state index in [9.17, 15) is 4.79 Å². The topological polar surface area (TPSA) is 51.1 Å². The van der Waals surface area contributed by atoms with Crippen LogP contribution in [0.15, 0.2) is 29.3 Å². The smallest absolute Gasteiger partial charge is 0.245 e. The van der Waals surface area contributed by atoms with Gasteiger partial charge in [-0.3, -0.25) is 4.79 Å². The Balaban J connectivity index is 2.22. The summed E-state index contributed by atoms with van der Waals surface area (Å²) in [5.74, 6) is 1.72. The molecule has 1 aliphatic heterocycles. The van der Waals surface area contributed by atoms with Crippen LogP contribution < -0.4 is 4.74 Å². The highest BCUT2D eigenvalue weighted by Gasteiger charge is 2.34. The second-order valence-electron chi connectivity index (χ2n) is 5.42. The Morgan fingerprint density at radius 3 is 2.43 bits per heavy atom.